The second-order valence-corrected chi connectivity index (χ2v) is 8.15. The van der Waals surface area contributed by atoms with Gasteiger partial charge < -0.3 is 9.64 Å². The van der Waals surface area contributed by atoms with Crippen molar-refractivity contribution in [3.8, 4) is 5.75 Å². The van der Waals surface area contributed by atoms with Crippen LogP contribution in [0, 0.1) is 0 Å². The standard InChI is InChI=1S/C17H18ClN3O2S2/c1-20(2)8-9-21(16(22)13-5-4-10-24-13)17-19-14-12(23-3)7-6-11(18)15(14)25-17/h4-7,10H,8-9H2,1-3H3/p+1. The van der Waals surface area contributed by atoms with Gasteiger partial charge in [0.15, 0.2) is 5.13 Å². The van der Waals surface area contributed by atoms with E-state index in [-0.39, 0.29) is 5.91 Å². The average molecular weight is 397 g/mol. The van der Waals surface area contributed by atoms with Crippen LogP contribution in [0.1, 0.15) is 9.67 Å². The summed E-state index contributed by atoms with van der Waals surface area (Å²) in [4.78, 5) is 21.3. The summed E-state index contributed by atoms with van der Waals surface area (Å²) in [6, 6.07) is 7.30. The lowest BCUT2D eigenvalue weighted by molar-refractivity contribution is -0.856. The quantitative estimate of drug-likeness (QED) is 0.697. The molecule has 0 saturated heterocycles. The maximum atomic E-state index is 13.0. The van der Waals surface area contributed by atoms with Gasteiger partial charge in [-0.1, -0.05) is 29.0 Å². The van der Waals surface area contributed by atoms with E-state index in [0.29, 0.717) is 32.8 Å². The SMILES string of the molecule is COc1ccc(Cl)c2sc(N(CC[NH+](C)C)C(=O)c3cccs3)nc12. The van der Waals surface area contributed by atoms with Gasteiger partial charge in [0, 0.05) is 0 Å². The third-order valence-electron chi connectivity index (χ3n) is 3.71. The molecule has 0 aliphatic carbocycles. The minimum absolute atomic E-state index is 0.0367. The highest BCUT2D eigenvalue weighted by Gasteiger charge is 2.24. The van der Waals surface area contributed by atoms with Crippen molar-refractivity contribution in [3.05, 3.63) is 39.5 Å². The Morgan fingerprint density at radius 1 is 1.36 bits per heavy atom. The summed E-state index contributed by atoms with van der Waals surface area (Å²) < 4.78 is 6.22. The maximum absolute atomic E-state index is 13.0. The summed E-state index contributed by atoms with van der Waals surface area (Å²) >= 11 is 9.17. The fraction of sp³-hybridized carbons (Fsp3) is 0.294. The highest BCUT2D eigenvalue weighted by atomic mass is 35.5. The molecule has 0 aliphatic heterocycles. The first kappa shape index (κ1) is 18.1. The van der Waals surface area contributed by atoms with Gasteiger partial charge in [-0.15, -0.1) is 11.3 Å². The van der Waals surface area contributed by atoms with Gasteiger partial charge in [0.25, 0.3) is 5.91 Å². The molecule has 132 valence electrons. The first-order chi connectivity index (χ1) is 12.0. The number of halogens is 1. The van der Waals surface area contributed by atoms with Crippen LogP contribution in [0.15, 0.2) is 29.6 Å². The van der Waals surface area contributed by atoms with Gasteiger partial charge in [-0.05, 0) is 23.6 Å². The summed E-state index contributed by atoms with van der Waals surface area (Å²) in [5.41, 5.74) is 0.691. The van der Waals surface area contributed by atoms with Crippen molar-refractivity contribution in [1.29, 1.82) is 0 Å². The number of aromatic nitrogens is 1. The number of nitrogens with zero attached hydrogens (tertiary/aromatic N) is 2. The molecule has 25 heavy (non-hydrogen) atoms. The smallest absolute Gasteiger partial charge is 0.270 e. The van der Waals surface area contributed by atoms with Crippen LogP contribution in [-0.4, -0.2) is 45.2 Å². The summed E-state index contributed by atoms with van der Waals surface area (Å²) in [5.74, 6) is 0.619. The number of thiophene rings is 1. The van der Waals surface area contributed by atoms with Gasteiger partial charge in [0.05, 0.1) is 48.9 Å². The third-order valence-corrected chi connectivity index (χ3v) is 6.11. The number of anilines is 1. The Labute approximate surface area is 159 Å². The molecule has 0 fully saturated rings. The van der Waals surface area contributed by atoms with E-state index in [1.807, 2.05) is 17.5 Å². The highest BCUT2D eigenvalue weighted by Crippen LogP contribution is 2.39. The van der Waals surface area contributed by atoms with Gasteiger partial charge in [0.1, 0.15) is 11.3 Å². The number of nitrogens with one attached hydrogen (secondary N) is 1. The molecule has 2 heterocycles. The number of methoxy groups -OCH3 is 1. The zero-order valence-electron chi connectivity index (χ0n) is 14.2. The predicted octanol–water partition coefficient (Wildman–Crippen LogP) is 2.81. The molecule has 0 aliphatic rings. The molecule has 1 aromatic carbocycles. The van der Waals surface area contributed by atoms with Crippen LogP contribution in [0.2, 0.25) is 5.02 Å². The number of thiazole rings is 1. The third kappa shape index (κ3) is 3.79. The van der Waals surface area contributed by atoms with Gasteiger partial charge in [-0.25, -0.2) is 4.98 Å². The van der Waals surface area contributed by atoms with Crippen molar-refractivity contribution in [2.75, 3.05) is 39.2 Å². The monoisotopic (exact) mass is 396 g/mol. The maximum Gasteiger partial charge on any atom is 0.270 e. The van der Waals surface area contributed by atoms with Crippen LogP contribution in [-0.2, 0) is 0 Å². The zero-order valence-corrected chi connectivity index (χ0v) is 16.6. The number of ether oxygens (including phenoxy) is 1. The van der Waals surface area contributed by atoms with Crippen LogP contribution >= 0.6 is 34.3 Å². The summed E-state index contributed by atoms with van der Waals surface area (Å²) in [6.07, 6.45) is 0. The normalized spacial score (nSPS) is 11.2. The van der Waals surface area contributed by atoms with E-state index >= 15 is 0 Å². The zero-order chi connectivity index (χ0) is 18.0. The number of hydrogen-bond donors (Lipinski definition) is 1. The first-order valence-electron chi connectivity index (χ1n) is 7.78. The van der Waals surface area contributed by atoms with Crippen molar-refractivity contribution in [2.45, 2.75) is 0 Å². The molecule has 3 aromatic rings. The molecule has 0 spiro atoms. The van der Waals surface area contributed by atoms with Crippen LogP contribution in [0.5, 0.6) is 5.75 Å². The molecule has 0 unspecified atom stereocenters. The summed E-state index contributed by atoms with van der Waals surface area (Å²) in [6.45, 7) is 1.40. The molecule has 1 amide bonds. The largest absolute Gasteiger partial charge is 0.494 e. The molecule has 1 N–H and O–H groups in total. The Bertz CT molecular complexity index is 878. The average Bonchev–Trinajstić information content (AvgIpc) is 3.25. The van der Waals surface area contributed by atoms with Crippen molar-refractivity contribution in [3.63, 3.8) is 0 Å². The molecular weight excluding hydrogens is 378 g/mol. The van der Waals surface area contributed by atoms with Gasteiger partial charge in [0.2, 0.25) is 0 Å². The van der Waals surface area contributed by atoms with Crippen LogP contribution < -0.4 is 14.5 Å². The number of amides is 1. The summed E-state index contributed by atoms with van der Waals surface area (Å²) in [5, 5.41) is 3.16. The molecule has 8 heteroatoms. The minimum Gasteiger partial charge on any atom is -0.494 e. The lowest BCUT2D eigenvalue weighted by atomic mass is 10.3. The first-order valence-corrected chi connectivity index (χ1v) is 9.86. The Hall–Kier alpha value is -1.67. The number of carbonyl (C=O) groups is 1. The second-order valence-electron chi connectivity index (χ2n) is 5.82. The van der Waals surface area contributed by atoms with Crippen LogP contribution in [0.25, 0.3) is 10.2 Å². The Morgan fingerprint density at radius 2 is 2.16 bits per heavy atom. The number of hydrogen-bond acceptors (Lipinski definition) is 5. The molecule has 0 atom stereocenters. The fourth-order valence-electron chi connectivity index (χ4n) is 2.37. The minimum atomic E-state index is -0.0367. The van der Waals surface area contributed by atoms with Crippen molar-refractivity contribution in [2.24, 2.45) is 0 Å². The molecule has 0 saturated carbocycles. The number of quaternary nitrogens is 1. The van der Waals surface area contributed by atoms with E-state index in [2.05, 4.69) is 19.1 Å². The van der Waals surface area contributed by atoms with E-state index in [9.17, 15) is 4.79 Å². The van der Waals surface area contributed by atoms with Crippen LogP contribution in [0.3, 0.4) is 0 Å². The Kier molecular flexibility index (Phi) is 5.58. The van der Waals surface area contributed by atoms with Crippen molar-refractivity contribution < 1.29 is 14.4 Å². The second kappa shape index (κ2) is 7.70. The summed E-state index contributed by atoms with van der Waals surface area (Å²) in [7, 11) is 5.73. The molecular formula is C17H19ClN3O2S2+. The molecule has 5 nitrogen and oxygen atoms in total. The van der Waals surface area contributed by atoms with Gasteiger partial charge in [-0.3, -0.25) is 9.69 Å². The van der Waals surface area contributed by atoms with Crippen LogP contribution in [0.4, 0.5) is 5.13 Å². The Balaban J connectivity index is 2.04. The molecule has 3 rings (SSSR count). The number of benzene rings is 1. The van der Waals surface area contributed by atoms with E-state index in [1.54, 1.807) is 24.1 Å². The highest BCUT2D eigenvalue weighted by molar-refractivity contribution is 7.23. The number of rotatable bonds is 6. The Morgan fingerprint density at radius 3 is 2.80 bits per heavy atom. The lowest BCUT2D eigenvalue weighted by Gasteiger charge is -2.19. The van der Waals surface area contributed by atoms with Gasteiger partial charge in [-0.2, -0.15) is 0 Å². The van der Waals surface area contributed by atoms with Crippen molar-refractivity contribution >= 4 is 55.5 Å². The fourth-order valence-corrected chi connectivity index (χ4v) is 4.33. The number of likely N-dealkylation sites (N-methyl/N-ethyl adjacent to an activating group) is 1. The topological polar surface area (TPSA) is 46.9 Å². The van der Waals surface area contributed by atoms with Gasteiger partial charge >= 0.3 is 0 Å². The molecule has 0 bridgehead atoms. The number of fused-ring (bicyclic) bond motifs is 1. The molecule has 0 radical (unpaired) electrons. The van der Waals surface area contributed by atoms with E-state index in [1.165, 1.54) is 27.6 Å². The van der Waals surface area contributed by atoms with Crippen molar-refractivity contribution in [1.82, 2.24) is 4.98 Å². The number of carbonyl (C=O) groups excluding carboxylic acids is 1. The lowest BCUT2D eigenvalue weighted by Crippen LogP contribution is -3.06. The van der Waals surface area contributed by atoms with E-state index in [0.717, 1.165) is 11.2 Å². The predicted molar refractivity (Wildman–Crippen MR) is 105 cm³/mol. The van der Waals surface area contributed by atoms with E-state index in [4.69, 9.17) is 16.3 Å². The van der Waals surface area contributed by atoms with E-state index < -0.39 is 0 Å². The molecule has 2 aromatic heterocycles.